The Hall–Kier alpha value is -3.07. The number of nitrogens with zero attached hydrogens (tertiary/aromatic N) is 6. The quantitative estimate of drug-likeness (QED) is 0.578. The Morgan fingerprint density at radius 3 is 2.96 bits per heavy atom. The smallest absolute Gasteiger partial charge is 0.254 e. The van der Waals surface area contributed by atoms with Gasteiger partial charge < -0.3 is 14.5 Å². The third-order valence-electron chi connectivity index (χ3n) is 4.97. The van der Waals surface area contributed by atoms with Gasteiger partial charge in [-0.25, -0.2) is 4.98 Å². The lowest BCUT2D eigenvalue weighted by Gasteiger charge is -2.33. The van der Waals surface area contributed by atoms with Crippen LogP contribution < -0.4 is 0 Å². The van der Waals surface area contributed by atoms with Crippen molar-refractivity contribution in [3.63, 3.8) is 0 Å². The second kappa shape index (κ2) is 5.98. The molecule has 136 valence electrons. The molecule has 5 rings (SSSR count). The van der Waals surface area contributed by atoms with E-state index in [1.54, 1.807) is 0 Å². The standard InChI is InChI=1S/C18H17N7OS/c1-10-15-21-22-16(17-20-11(2)23-27-17)25(15)8-7-24(10)18(26)13-4-3-12-5-6-19-14(12)9-13/h3-6,9-10,19H,7-8H2,1-2H3/t10-/m1/s1. The number of nitrogens with one attached hydrogen (secondary N) is 1. The molecular formula is C18H17N7OS. The number of fused-ring (bicyclic) bond motifs is 2. The number of hydrogen-bond acceptors (Lipinski definition) is 6. The molecule has 3 aromatic heterocycles. The van der Waals surface area contributed by atoms with Gasteiger partial charge in [0.25, 0.3) is 5.91 Å². The molecule has 1 aliphatic rings. The molecule has 1 atom stereocenters. The van der Waals surface area contributed by atoms with Crippen LogP contribution in [0.1, 0.15) is 35.0 Å². The molecule has 0 spiro atoms. The van der Waals surface area contributed by atoms with Gasteiger partial charge in [0.1, 0.15) is 5.82 Å². The third-order valence-corrected chi connectivity index (χ3v) is 5.77. The average molecular weight is 379 g/mol. The number of amides is 1. The molecule has 27 heavy (non-hydrogen) atoms. The van der Waals surface area contributed by atoms with Crippen LogP contribution in [0.4, 0.5) is 0 Å². The molecule has 0 aliphatic carbocycles. The zero-order chi connectivity index (χ0) is 18.5. The van der Waals surface area contributed by atoms with E-state index in [1.807, 2.05) is 53.8 Å². The van der Waals surface area contributed by atoms with Crippen molar-refractivity contribution in [3.8, 4) is 10.8 Å². The van der Waals surface area contributed by atoms with Gasteiger partial charge in [0.2, 0.25) is 0 Å². The van der Waals surface area contributed by atoms with Crippen LogP contribution in [0.5, 0.6) is 0 Å². The highest BCUT2D eigenvalue weighted by atomic mass is 32.1. The van der Waals surface area contributed by atoms with Crippen molar-refractivity contribution in [3.05, 3.63) is 47.7 Å². The maximum Gasteiger partial charge on any atom is 0.254 e. The van der Waals surface area contributed by atoms with E-state index < -0.39 is 0 Å². The van der Waals surface area contributed by atoms with E-state index in [-0.39, 0.29) is 11.9 Å². The monoisotopic (exact) mass is 379 g/mol. The molecule has 1 aliphatic heterocycles. The minimum atomic E-state index is -0.166. The van der Waals surface area contributed by atoms with Crippen molar-refractivity contribution in [2.75, 3.05) is 6.54 Å². The van der Waals surface area contributed by atoms with Crippen LogP contribution in [-0.2, 0) is 6.54 Å². The summed E-state index contributed by atoms with van der Waals surface area (Å²) in [4.78, 5) is 22.5. The average Bonchev–Trinajstić information content (AvgIpc) is 3.39. The van der Waals surface area contributed by atoms with Crippen LogP contribution in [0.2, 0.25) is 0 Å². The fourth-order valence-corrected chi connectivity index (χ4v) is 4.22. The molecule has 4 aromatic rings. The van der Waals surface area contributed by atoms with Gasteiger partial charge in [0, 0.05) is 30.4 Å². The number of aryl methyl sites for hydroxylation is 1. The van der Waals surface area contributed by atoms with E-state index in [9.17, 15) is 4.79 Å². The summed E-state index contributed by atoms with van der Waals surface area (Å²) in [5.74, 6) is 2.23. The highest BCUT2D eigenvalue weighted by molar-refractivity contribution is 7.09. The fraction of sp³-hybridized carbons (Fsp3) is 0.278. The molecule has 4 heterocycles. The van der Waals surface area contributed by atoms with Gasteiger partial charge in [-0.2, -0.15) is 4.37 Å². The van der Waals surface area contributed by atoms with E-state index >= 15 is 0 Å². The van der Waals surface area contributed by atoms with Crippen molar-refractivity contribution in [1.29, 1.82) is 0 Å². The number of carbonyl (C=O) groups excluding carboxylic acids is 1. The Morgan fingerprint density at radius 1 is 1.26 bits per heavy atom. The number of hydrogen-bond donors (Lipinski definition) is 1. The van der Waals surface area contributed by atoms with Gasteiger partial charge in [-0.05, 0) is 49.0 Å². The molecule has 1 amide bonds. The van der Waals surface area contributed by atoms with E-state index in [4.69, 9.17) is 0 Å². The normalized spacial score (nSPS) is 16.7. The first-order valence-corrected chi connectivity index (χ1v) is 9.51. The lowest BCUT2D eigenvalue weighted by Crippen LogP contribution is -2.41. The molecule has 0 unspecified atom stereocenters. The maximum atomic E-state index is 13.1. The third kappa shape index (κ3) is 2.54. The van der Waals surface area contributed by atoms with Crippen LogP contribution in [0.3, 0.4) is 0 Å². The molecule has 1 N–H and O–H groups in total. The number of aromatic amines is 1. The van der Waals surface area contributed by atoms with Gasteiger partial charge in [-0.15, -0.1) is 10.2 Å². The van der Waals surface area contributed by atoms with Crippen LogP contribution in [-0.4, -0.2) is 46.5 Å². The first kappa shape index (κ1) is 16.1. The van der Waals surface area contributed by atoms with Gasteiger partial charge >= 0.3 is 0 Å². The summed E-state index contributed by atoms with van der Waals surface area (Å²) in [6.45, 7) is 5.08. The second-order valence-electron chi connectivity index (χ2n) is 6.63. The first-order valence-electron chi connectivity index (χ1n) is 8.74. The molecule has 0 saturated heterocycles. The zero-order valence-electron chi connectivity index (χ0n) is 14.9. The minimum absolute atomic E-state index is 0.00144. The van der Waals surface area contributed by atoms with Crippen LogP contribution in [0.25, 0.3) is 21.7 Å². The van der Waals surface area contributed by atoms with E-state index in [0.29, 0.717) is 18.7 Å². The number of benzene rings is 1. The Morgan fingerprint density at radius 2 is 2.15 bits per heavy atom. The van der Waals surface area contributed by atoms with Crippen molar-refractivity contribution >= 4 is 28.3 Å². The summed E-state index contributed by atoms with van der Waals surface area (Å²) in [7, 11) is 0. The summed E-state index contributed by atoms with van der Waals surface area (Å²) < 4.78 is 6.27. The largest absolute Gasteiger partial charge is 0.361 e. The molecule has 1 aromatic carbocycles. The molecule has 0 bridgehead atoms. The lowest BCUT2D eigenvalue weighted by atomic mass is 10.1. The highest BCUT2D eigenvalue weighted by Gasteiger charge is 2.32. The molecule has 0 radical (unpaired) electrons. The van der Waals surface area contributed by atoms with Gasteiger partial charge in [0.05, 0.1) is 6.04 Å². The minimum Gasteiger partial charge on any atom is -0.361 e. The highest BCUT2D eigenvalue weighted by Crippen LogP contribution is 2.30. The summed E-state index contributed by atoms with van der Waals surface area (Å²) in [6.07, 6.45) is 1.88. The Labute approximate surface area is 159 Å². The van der Waals surface area contributed by atoms with Crippen molar-refractivity contribution < 1.29 is 4.79 Å². The molecule has 0 saturated carbocycles. The van der Waals surface area contributed by atoms with E-state index in [1.165, 1.54) is 11.5 Å². The van der Waals surface area contributed by atoms with Gasteiger partial charge in [-0.3, -0.25) is 4.79 Å². The maximum absolute atomic E-state index is 13.1. The second-order valence-corrected chi connectivity index (χ2v) is 7.39. The summed E-state index contributed by atoms with van der Waals surface area (Å²) in [5.41, 5.74) is 1.63. The van der Waals surface area contributed by atoms with Crippen molar-refractivity contribution in [2.24, 2.45) is 0 Å². The number of aromatic nitrogens is 6. The summed E-state index contributed by atoms with van der Waals surface area (Å²) >= 11 is 1.32. The van der Waals surface area contributed by atoms with Crippen LogP contribution in [0, 0.1) is 6.92 Å². The topological polar surface area (TPSA) is 92.6 Å². The summed E-state index contributed by atoms with van der Waals surface area (Å²) in [5, 5.41) is 10.5. The molecular weight excluding hydrogens is 362 g/mol. The Balaban J connectivity index is 1.46. The Bertz CT molecular complexity index is 1160. The first-order chi connectivity index (χ1) is 13.1. The van der Waals surface area contributed by atoms with Crippen molar-refractivity contribution in [1.82, 2.24) is 34.0 Å². The zero-order valence-corrected chi connectivity index (χ0v) is 15.7. The Kier molecular flexibility index (Phi) is 3.57. The molecule has 0 fully saturated rings. The SMILES string of the molecule is Cc1nsc(-c2nnc3n2CCN(C(=O)c2ccc4cc[nH]c4c2)[C@@H]3C)n1. The van der Waals surface area contributed by atoms with E-state index in [2.05, 4.69) is 24.5 Å². The number of carbonyl (C=O) groups is 1. The van der Waals surface area contributed by atoms with Crippen LogP contribution in [0.15, 0.2) is 30.5 Å². The van der Waals surface area contributed by atoms with Gasteiger partial charge in [-0.1, -0.05) is 6.07 Å². The van der Waals surface area contributed by atoms with Crippen LogP contribution >= 0.6 is 11.5 Å². The molecule has 8 nitrogen and oxygen atoms in total. The lowest BCUT2D eigenvalue weighted by molar-refractivity contribution is 0.0638. The fourth-order valence-electron chi connectivity index (χ4n) is 3.56. The van der Waals surface area contributed by atoms with E-state index in [0.717, 1.165) is 33.4 Å². The predicted octanol–water partition coefficient (Wildman–Crippen LogP) is 2.80. The van der Waals surface area contributed by atoms with Crippen molar-refractivity contribution in [2.45, 2.75) is 26.4 Å². The predicted molar refractivity (Wildman–Crippen MR) is 101 cm³/mol. The van der Waals surface area contributed by atoms with Gasteiger partial charge in [0.15, 0.2) is 16.7 Å². The summed E-state index contributed by atoms with van der Waals surface area (Å²) in [6, 6.07) is 7.57. The number of rotatable bonds is 2. The number of H-pyrrole nitrogens is 1. The molecule has 9 heteroatoms.